The summed E-state index contributed by atoms with van der Waals surface area (Å²) in [6.45, 7) is 1.24. The fourth-order valence-corrected chi connectivity index (χ4v) is 1.82. The average molecular weight is 283 g/mol. The van der Waals surface area contributed by atoms with E-state index in [4.69, 9.17) is 4.74 Å². The Balaban J connectivity index is 2.09. The van der Waals surface area contributed by atoms with Gasteiger partial charge in [-0.2, -0.15) is 13.2 Å². The number of likely N-dealkylation sites (N-methyl/N-ethyl adjacent to an activating group) is 1. The van der Waals surface area contributed by atoms with Crippen LogP contribution < -0.4 is 10.6 Å². The van der Waals surface area contributed by atoms with Gasteiger partial charge in [-0.05, 0) is 7.05 Å². The quantitative estimate of drug-likeness (QED) is 0.719. The van der Waals surface area contributed by atoms with Gasteiger partial charge in [0, 0.05) is 32.1 Å². The van der Waals surface area contributed by atoms with Crippen molar-refractivity contribution < 1.29 is 22.7 Å². The largest absolute Gasteiger partial charge is 0.401 e. The van der Waals surface area contributed by atoms with Gasteiger partial charge in [-0.15, -0.1) is 0 Å². The van der Waals surface area contributed by atoms with Crippen LogP contribution in [0.5, 0.6) is 0 Å². The molecule has 1 saturated heterocycles. The van der Waals surface area contributed by atoms with Gasteiger partial charge in [-0.1, -0.05) is 0 Å². The number of carbonyl (C=O) groups is 1. The predicted octanol–water partition coefficient (Wildman–Crippen LogP) is -0.0248. The van der Waals surface area contributed by atoms with Crippen LogP contribution in [0.3, 0.4) is 0 Å². The minimum Gasteiger partial charge on any atom is -0.378 e. The molecule has 0 bridgehead atoms. The standard InChI is InChI=1S/C11H20F3N3O2/c1-17(8-11(12,13)14)4-2-16-10(18)6-9-7-19-5-3-15-9/h9,15H,2-8H2,1H3,(H,16,18). The number of nitrogens with one attached hydrogen (secondary N) is 2. The Labute approximate surface area is 110 Å². The third kappa shape index (κ3) is 8.02. The second-order valence-corrected chi connectivity index (χ2v) is 4.63. The first kappa shape index (κ1) is 16.2. The highest BCUT2D eigenvalue weighted by Gasteiger charge is 2.28. The first-order valence-electron chi connectivity index (χ1n) is 6.20. The van der Waals surface area contributed by atoms with Crippen LogP contribution in [-0.4, -0.2) is 69.5 Å². The van der Waals surface area contributed by atoms with Crippen molar-refractivity contribution in [2.24, 2.45) is 0 Å². The summed E-state index contributed by atoms with van der Waals surface area (Å²) in [6.07, 6.45) is -3.93. The Morgan fingerprint density at radius 3 is 2.84 bits per heavy atom. The van der Waals surface area contributed by atoms with Gasteiger partial charge < -0.3 is 15.4 Å². The van der Waals surface area contributed by atoms with Crippen molar-refractivity contribution in [2.75, 3.05) is 46.4 Å². The molecule has 1 atom stereocenters. The Bertz CT molecular complexity index is 281. The van der Waals surface area contributed by atoms with Crippen LogP contribution in [0, 0.1) is 0 Å². The number of hydrogen-bond acceptors (Lipinski definition) is 4. The molecule has 0 saturated carbocycles. The van der Waals surface area contributed by atoms with Crippen LogP contribution in [0.1, 0.15) is 6.42 Å². The van der Waals surface area contributed by atoms with Crippen LogP contribution in [0.2, 0.25) is 0 Å². The van der Waals surface area contributed by atoms with Gasteiger partial charge >= 0.3 is 6.18 Å². The molecule has 1 unspecified atom stereocenters. The van der Waals surface area contributed by atoms with Crippen LogP contribution >= 0.6 is 0 Å². The van der Waals surface area contributed by atoms with Crippen molar-refractivity contribution in [1.82, 2.24) is 15.5 Å². The summed E-state index contributed by atoms with van der Waals surface area (Å²) in [5, 5.41) is 5.74. The van der Waals surface area contributed by atoms with Crippen molar-refractivity contribution in [2.45, 2.75) is 18.6 Å². The molecule has 1 heterocycles. The second kappa shape index (κ2) is 7.66. The van der Waals surface area contributed by atoms with E-state index in [-0.39, 0.29) is 31.5 Å². The summed E-state index contributed by atoms with van der Waals surface area (Å²) >= 11 is 0. The van der Waals surface area contributed by atoms with E-state index >= 15 is 0 Å². The lowest BCUT2D eigenvalue weighted by molar-refractivity contribution is -0.142. The maximum absolute atomic E-state index is 12.0. The zero-order valence-electron chi connectivity index (χ0n) is 10.9. The number of ether oxygens (including phenoxy) is 1. The zero-order valence-corrected chi connectivity index (χ0v) is 10.9. The summed E-state index contributed by atoms with van der Waals surface area (Å²) < 4.78 is 41.4. The van der Waals surface area contributed by atoms with E-state index in [2.05, 4.69) is 10.6 Å². The van der Waals surface area contributed by atoms with Gasteiger partial charge in [0.15, 0.2) is 0 Å². The number of amides is 1. The van der Waals surface area contributed by atoms with Crippen molar-refractivity contribution in [3.8, 4) is 0 Å². The first-order chi connectivity index (χ1) is 8.87. The molecule has 0 radical (unpaired) electrons. The molecule has 2 N–H and O–H groups in total. The Morgan fingerprint density at radius 2 is 2.26 bits per heavy atom. The van der Waals surface area contributed by atoms with Crippen LogP contribution in [0.15, 0.2) is 0 Å². The van der Waals surface area contributed by atoms with Crippen LogP contribution in [-0.2, 0) is 9.53 Å². The molecule has 8 heteroatoms. The fourth-order valence-electron chi connectivity index (χ4n) is 1.82. The molecule has 112 valence electrons. The van der Waals surface area contributed by atoms with E-state index in [9.17, 15) is 18.0 Å². The van der Waals surface area contributed by atoms with Crippen molar-refractivity contribution in [3.05, 3.63) is 0 Å². The molecule has 1 rings (SSSR count). The molecule has 0 aromatic carbocycles. The monoisotopic (exact) mass is 283 g/mol. The molecule has 0 aliphatic carbocycles. The van der Waals surface area contributed by atoms with E-state index in [0.29, 0.717) is 19.8 Å². The van der Waals surface area contributed by atoms with Gasteiger partial charge in [0.2, 0.25) is 5.91 Å². The summed E-state index contributed by atoms with van der Waals surface area (Å²) in [4.78, 5) is 12.7. The third-order valence-electron chi connectivity index (χ3n) is 2.70. The first-order valence-corrected chi connectivity index (χ1v) is 6.20. The summed E-state index contributed by atoms with van der Waals surface area (Å²) in [6, 6.07) is -0.0124. The number of nitrogens with zero attached hydrogens (tertiary/aromatic N) is 1. The van der Waals surface area contributed by atoms with Crippen LogP contribution in [0.4, 0.5) is 13.2 Å². The SMILES string of the molecule is CN(CCNC(=O)CC1COCCN1)CC(F)(F)F. The predicted molar refractivity (Wildman–Crippen MR) is 63.8 cm³/mol. The lowest BCUT2D eigenvalue weighted by atomic mass is 10.2. The average Bonchev–Trinajstić information content (AvgIpc) is 2.27. The summed E-state index contributed by atoms with van der Waals surface area (Å²) in [5.74, 6) is -0.177. The van der Waals surface area contributed by atoms with E-state index < -0.39 is 12.7 Å². The third-order valence-corrected chi connectivity index (χ3v) is 2.70. The molecule has 1 amide bonds. The number of carbonyl (C=O) groups excluding carboxylic acids is 1. The van der Waals surface area contributed by atoms with Gasteiger partial charge in [-0.3, -0.25) is 9.69 Å². The molecule has 1 aliphatic heterocycles. The van der Waals surface area contributed by atoms with Gasteiger partial charge in [0.1, 0.15) is 0 Å². The second-order valence-electron chi connectivity index (χ2n) is 4.63. The number of rotatable bonds is 6. The highest BCUT2D eigenvalue weighted by atomic mass is 19.4. The number of morpholine rings is 1. The van der Waals surface area contributed by atoms with Gasteiger partial charge in [-0.25, -0.2) is 0 Å². The summed E-state index contributed by atoms with van der Waals surface area (Å²) in [5.41, 5.74) is 0. The molecule has 19 heavy (non-hydrogen) atoms. The molecule has 0 spiro atoms. The lowest BCUT2D eigenvalue weighted by Crippen LogP contribution is -2.45. The molecular formula is C11H20F3N3O2. The van der Waals surface area contributed by atoms with Gasteiger partial charge in [0.25, 0.3) is 0 Å². The minimum atomic E-state index is -4.21. The number of hydrogen-bond donors (Lipinski definition) is 2. The smallest absolute Gasteiger partial charge is 0.378 e. The molecule has 0 aromatic rings. The molecule has 1 aliphatic rings. The van der Waals surface area contributed by atoms with Gasteiger partial charge in [0.05, 0.1) is 19.8 Å². The summed E-state index contributed by atoms with van der Waals surface area (Å²) in [7, 11) is 1.37. The Hall–Kier alpha value is -0.860. The molecule has 1 fully saturated rings. The highest BCUT2D eigenvalue weighted by molar-refractivity contribution is 5.76. The normalized spacial score (nSPS) is 20.6. The maximum Gasteiger partial charge on any atom is 0.401 e. The van der Waals surface area contributed by atoms with E-state index in [1.54, 1.807) is 0 Å². The molecule has 0 aromatic heterocycles. The topological polar surface area (TPSA) is 53.6 Å². The van der Waals surface area contributed by atoms with Crippen molar-refractivity contribution >= 4 is 5.91 Å². The lowest BCUT2D eigenvalue weighted by Gasteiger charge is -2.23. The van der Waals surface area contributed by atoms with Crippen LogP contribution in [0.25, 0.3) is 0 Å². The van der Waals surface area contributed by atoms with Crippen molar-refractivity contribution in [3.63, 3.8) is 0 Å². The minimum absolute atomic E-state index is 0.0124. The highest BCUT2D eigenvalue weighted by Crippen LogP contribution is 2.14. The number of alkyl halides is 3. The zero-order chi connectivity index (χ0) is 14.3. The van der Waals surface area contributed by atoms with E-state index in [0.717, 1.165) is 4.90 Å². The van der Waals surface area contributed by atoms with E-state index in [1.807, 2.05) is 0 Å². The fraction of sp³-hybridized carbons (Fsp3) is 0.909. The molecular weight excluding hydrogens is 263 g/mol. The Kier molecular flexibility index (Phi) is 6.53. The van der Waals surface area contributed by atoms with Crippen molar-refractivity contribution in [1.29, 1.82) is 0 Å². The number of halogens is 3. The Morgan fingerprint density at radius 1 is 1.53 bits per heavy atom. The van der Waals surface area contributed by atoms with E-state index in [1.165, 1.54) is 7.05 Å². The molecule has 5 nitrogen and oxygen atoms in total. The maximum atomic E-state index is 12.0.